The minimum Gasteiger partial charge on any atom is -0.375 e. The minimum absolute atomic E-state index is 0.225. The first-order chi connectivity index (χ1) is 10.5. The zero-order valence-electron chi connectivity index (χ0n) is 13.8. The lowest BCUT2D eigenvalue weighted by Crippen LogP contribution is -2.58. The van der Waals surface area contributed by atoms with E-state index in [4.69, 9.17) is 5.73 Å². The molecule has 2 fully saturated rings. The van der Waals surface area contributed by atoms with Crippen molar-refractivity contribution >= 4 is 0 Å². The number of aliphatic hydroxyl groups is 1. The van der Waals surface area contributed by atoms with Crippen LogP contribution in [0.25, 0.3) is 0 Å². The smallest absolute Gasteiger partial charge is 0.128 e. The summed E-state index contributed by atoms with van der Waals surface area (Å²) in [5.41, 5.74) is 9.66. The van der Waals surface area contributed by atoms with E-state index in [0.29, 0.717) is 12.0 Å². The van der Waals surface area contributed by atoms with Crippen LogP contribution in [0.2, 0.25) is 0 Å². The Kier molecular flexibility index (Phi) is 3.37. The van der Waals surface area contributed by atoms with Crippen LogP contribution in [0, 0.1) is 11.8 Å². The summed E-state index contributed by atoms with van der Waals surface area (Å²) in [6.45, 7) is 7.37. The largest absolute Gasteiger partial charge is 0.375 e. The maximum absolute atomic E-state index is 9.72. The fourth-order valence-electron chi connectivity index (χ4n) is 4.77. The van der Waals surface area contributed by atoms with Gasteiger partial charge in [0.2, 0.25) is 0 Å². The van der Waals surface area contributed by atoms with Gasteiger partial charge in [-0.3, -0.25) is 4.90 Å². The van der Waals surface area contributed by atoms with E-state index in [9.17, 15) is 5.11 Å². The van der Waals surface area contributed by atoms with Gasteiger partial charge in [0.1, 0.15) is 6.23 Å². The van der Waals surface area contributed by atoms with Crippen LogP contribution in [-0.4, -0.2) is 29.1 Å². The lowest BCUT2D eigenvalue weighted by molar-refractivity contribution is 0.0282. The molecule has 0 radical (unpaired) electrons. The summed E-state index contributed by atoms with van der Waals surface area (Å²) in [4.78, 5) is 2.76. The number of rotatable bonds is 3. The Morgan fingerprint density at radius 3 is 2.86 bits per heavy atom. The highest BCUT2D eigenvalue weighted by atomic mass is 16.3. The molecule has 0 amide bonds. The molecule has 1 heterocycles. The summed E-state index contributed by atoms with van der Waals surface area (Å²) in [7, 11) is 0. The molecule has 3 aliphatic rings. The number of nitrogens with zero attached hydrogens (tertiary/aromatic N) is 1. The predicted octanol–water partition coefficient (Wildman–Crippen LogP) is 2.57. The van der Waals surface area contributed by atoms with E-state index in [0.717, 1.165) is 17.9 Å². The van der Waals surface area contributed by atoms with E-state index in [1.54, 1.807) is 0 Å². The van der Waals surface area contributed by atoms with Crippen molar-refractivity contribution in [1.29, 1.82) is 0 Å². The normalized spacial score (nSPS) is 36.0. The Morgan fingerprint density at radius 2 is 2.18 bits per heavy atom. The van der Waals surface area contributed by atoms with Crippen molar-refractivity contribution in [3.8, 4) is 0 Å². The van der Waals surface area contributed by atoms with Crippen LogP contribution < -0.4 is 5.73 Å². The molecule has 3 heteroatoms. The highest BCUT2D eigenvalue weighted by Gasteiger charge is 2.49. The molecule has 1 saturated carbocycles. The summed E-state index contributed by atoms with van der Waals surface area (Å²) in [6, 6.07) is 7.06. The number of aliphatic hydroxyl groups excluding tert-OH is 1. The maximum Gasteiger partial charge on any atom is 0.128 e. The molecule has 1 aromatic rings. The van der Waals surface area contributed by atoms with Crippen molar-refractivity contribution in [2.24, 2.45) is 17.6 Å². The monoisotopic (exact) mass is 300 g/mol. The van der Waals surface area contributed by atoms with Gasteiger partial charge < -0.3 is 10.8 Å². The predicted molar refractivity (Wildman–Crippen MR) is 88.5 cm³/mol. The van der Waals surface area contributed by atoms with Crippen LogP contribution >= 0.6 is 0 Å². The summed E-state index contributed by atoms with van der Waals surface area (Å²) < 4.78 is 0. The molecule has 2 unspecified atom stereocenters. The Bertz CT molecular complexity index is 581. The molecule has 1 aromatic carbocycles. The Hall–Kier alpha value is -0.900. The topological polar surface area (TPSA) is 49.5 Å². The zero-order chi connectivity index (χ0) is 15.5. The third-order valence-corrected chi connectivity index (χ3v) is 6.68. The molecule has 0 spiro atoms. The quantitative estimate of drug-likeness (QED) is 0.844. The van der Waals surface area contributed by atoms with Crippen LogP contribution in [0.5, 0.6) is 0 Å². The Labute approximate surface area is 133 Å². The fourth-order valence-corrected chi connectivity index (χ4v) is 4.77. The molecule has 3 N–H and O–H groups in total. The number of fused-ring (bicyclic) bond motifs is 4. The molecule has 120 valence electrons. The van der Waals surface area contributed by atoms with Gasteiger partial charge in [-0.2, -0.15) is 0 Å². The lowest BCUT2D eigenvalue weighted by atomic mass is 9.59. The van der Waals surface area contributed by atoms with E-state index in [1.165, 1.54) is 43.5 Å². The molecule has 4 rings (SSSR count). The first kappa shape index (κ1) is 14.7. The minimum atomic E-state index is -0.864. The van der Waals surface area contributed by atoms with Gasteiger partial charge in [0, 0.05) is 12.6 Å². The molecule has 0 aromatic heterocycles. The lowest BCUT2D eigenvalue weighted by Gasteiger charge is -2.55. The van der Waals surface area contributed by atoms with Crippen molar-refractivity contribution in [2.45, 2.75) is 57.2 Å². The average molecular weight is 300 g/mol. The van der Waals surface area contributed by atoms with Crippen molar-refractivity contribution < 1.29 is 5.11 Å². The average Bonchev–Trinajstić information content (AvgIpc) is 3.29. The number of piperidine rings is 1. The second kappa shape index (κ2) is 5.05. The highest BCUT2D eigenvalue weighted by Crippen LogP contribution is 2.49. The van der Waals surface area contributed by atoms with Gasteiger partial charge in [-0.05, 0) is 66.2 Å². The van der Waals surface area contributed by atoms with Crippen molar-refractivity contribution in [1.82, 2.24) is 4.90 Å². The zero-order valence-corrected chi connectivity index (χ0v) is 13.8. The van der Waals surface area contributed by atoms with E-state index < -0.39 is 6.23 Å². The van der Waals surface area contributed by atoms with Crippen molar-refractivity contribution in [2.75, 3.05) is 13.1 Å². The molecule has 22 heavy (non-hydrogen) atoms. The third kappa shape index (κ3) is 2.22. The van der Waals surface area contributed by atoms with Crippen molar-refractivity contribution in [3.63, 3.8) is 0 Å². The number of likely N-dealkylation sites (tertiary alicyclic amines) is 1. The molecule has 2 bridgehead atoms. The number of hydrogen-bond donors (Lipinski definition) is 2. The van der Waals surface area contributed by atoms with Gasteiger partial charge in [-0.15, -0.1) is 0 Å². The number of nitrogens with two attached hydrogens (primary N) is 1. The molecule has 3 nitrogen and oxygen atoms in total. The van der Waals surface area contributed by atoms with E-state index >= 15 is 0 Å². The SMILES string of the molecule is C[C@H]1C2Cc3ccc(C(N)O)cc3[C@]1(C)CCN2CC1CC1. The fraction of sp³-hybridized carbons (Fsp3) is 0.684. The van der Waals surface area contributed by atoms with Crippen LogP contribution in [0.1, 0.15) is 56.0 Å². The molecular weight excluding hydrogens is 272 g/mol. The third-order valence-electron chi connectivity index (χ3n) is 6.68. The molecule has 1 aliphatic heterocycles. The van der Waals surface area contributed by atoms with Gasteiger partial charge in [-0.1, -0.05) is 32.0 Å². The molecule has 4 atom stereocenters. The van der Waals surface area contributed by atoms with E-state index in [-0.39, 0.29) is 5.41 Å². The first-order valence-corrected chi connectivity index (χ1v) is 8.80. The van der Waals surface area contributed by atoms with Crippen LogP contribution in [0.15, 0.2) is 18.2 Å². The maximum atomic E-state index is 9.72. The van der Waals surface area contributed by atoms with Gasteiger partial charge in [0.15, 0.2) is 0 Å². The number of hydrogen-bond acceptors (Lipinski definition) is 3. The number of benzene rings is 1. The summed E-state index contributed by atoms with van der Waals surface area (Å²) in [5.74, 6) is 1.63. The summed E-state index contributed by atoms with van der Waals surface area (Å²) >= 11 is 0. The van der Waals surface area contributed by atoms with E-state index in [2.05, 4.69) is 30.9 Å². The Balaban J connectivity index is 1.70. The second-order valence-electron chi connectivity index (χ2n) is 8.03. The molecular formula is C19H28N2O. The van der Waals surface area contributed by atoms with Gasteiger partial charge in [0.05, 0.1) is 0 Å². The first-order valence-electron chi connectivity index (χ1n) is 8.80. The van der Waals surface area contributed by atoms with Crippen LogP contribution in [-0.2, 0) is 11.8 Å². The second-order valence-corrected chi connectivity index (χ2v) is 8.03. The van der Waals surface area contributed by atoms with E-state index in [1.807, 2.05) is 6.07 Å². The van der Waals surface area contributed by atoms with Gasteiger partial charge >= 0.3 is 0 Å². The van der Waals surface area contributed by atoms with Gasteiger partial charge in [0.25, 0.3) is 0 Å². The van der Waals surface area contributed by atoms with Crippen LogP contribution in [0.3, 0.4) is 0 Å². The van der Waals surface area contributed by atoms with Gasteiger partial charge in [-0.25, -0.2) is 0 Å². The van der Waals surface area contributed by atoms with Crippen LogP contribution in [0.4, 0.5) is 0 Å². The summed E-state index contributed by atoms with van der Waals surface area (Å²) in [5, 5.41) is 9.72. The standard InChI is InChI=1S/C19H28N2O/c1-12-17-10-14-5-6-15(18(20)22)9-16(14)19(12,2)7-8-21(17)11-13-3-4-13/h5-6,9,12-13,17-18,22H,3-4,7-8,10-11,20H2,1-2H3/t12-,17?,18?,19+/m0/s1. The molecule has 2 aliphatic carbocycles. The summed E-state index contributed by atoms with van der Waals surface area (Å²) in [6.07, 6.45) is 4.37. The van der Waals surface area contributed by atoms with Crippen molar-refractivity contribution in [3.05, 3.63) is 34.9 Å². The Morgan fingerprint density at radius 1 is 1.41 bits per heavy atom. The molecule has 1 saturated heterocycles. The highest BCUT2D eigenvalue weighted by molar-refractivity contribution is 5.43.